The van der Waals surface area contributed by atoms with Crippen molar-refractivity contribution in [1.82, 2.24) is 9.97 Å². The van der Waals surface area contributed by atoms with E-state index in [1.807, 2.05) is 18.2 Å². The van der Waals surface area contributed by atoms with Crippen molar-refractivity contribution in [2.24, 2.45) is 0 Å². The lowest BCUT2D eigenvalue weighted by Crippen LogP contribution is -1.96. The molecule has 9 rings (SSSR count). The smallest absolute Gasteiger partial charge is 0.160 e. The van der Waals surface area contributed by atoms with Crippen LogP contribution in [0.5, 0.6) is 0 Å². The van der Waals surface area contributed by atoms with Gasteiger partial charge in [0.2, 0.25) is 0 Å². The molecule has 8 aromatic carbocycles. The van der Waals surface area contributed by atoms with Crippen LogP contribution in [0.15, 0.2) is 170 Å². The van der Waals surface area contributed by atoms with Gasteiger partial charge in [-0.15, -0.1) is 0 Å². The SMILES string of the molecule is c1ccc(-c2nc(-c3cccc(-c4c5ccccc5cc5c4ccc4ccccc45)c3)cc(-c3ccc4ccccc4c3)n2)cc1. The molecule has 0 saturated carbocycles. The summed E-state index contributed by atoms with van der Waals surface area (Å²) in [6.45, 7) is 0. The monoisotopic (exact) mass is 584 g/mol. The molecule has 2 nitrogen and oxygen atoms in total. The third-order valence-corrected chi connectivity index (χ3v) is 9.02. The van der Waals surface area contributed by atoms with Gasteiger partial charge in [0.15, 0.2) is 5.82 Å². The molecule has 214 valence electrons. The molecule has 0 aliphatic carbocycles. The van der Waals surface area contributed by atoms with Gasteiger partial charge in [-0.1, -0.05) is 146 Å². The Kier molecular flexibility index (Phi) is 6.17. The number of rotatable bonds is 4. The van der Waals surface area contributed by atoms with Crippen LogP contribution in [0.3, 0.4) is 0 Å². The maximum atomic E-state index is 5.15. The first kappa shape index (κ1) is 26.3. The zero-order chi connectivity index (χ0) is 30.5. The Morgan fingerprint density at radius 2 is 0.891 bits per heavy atom. The van der Waals surface area contributed by atoms with Gasteiger partial charge in [-0.05, 0) is 78.5 Å². The van der Waals surface area contributed by atoms with Crippen LogP contribution in [-0.2, 0) is 0 Å². The summed E-state index contributed by atoms with van der Waals surface area (Å²) in [5, 5.41) is 9.92. The first-order valence-electron chi connectivity index (χ1n) is 15.7. The Hall–Kier alpha value is -6.12. The second-order valence-corrected chi connectivity index (χ2v) is 11.8. The van der Waals surface area contributed by atoms with Gasteiger partial charge in [0.1, 0.15) is 0 Å². The zero-order valence-electron chi connectivity index (χ0n) is 25.1. The van der Waals surface area contributed by atoms with Crippen molar-refractivity contribution in [3.63, 3.8) is 0 Å². The predicted octanol–water partition coefficient (Wildman–Crippen LogP) is 11.8. The summed E-state index contributed by atoms with van der Waals surface area (Å²) in [5.74, 6) is 0.716. The van der Waals surface area contributed by atoms with Crippen molar-refractivity contribution in [1.29, 1.82) is 0 Å². The molecule has 0 atom stereocenters. The highest BCUT2D eigenvalue weighted by molar-refractivity contribution is 6.20. The Morgan fingerprint density at radius 3 is 1.72 bits per heavy atom. The van der Waals surface area contributed by atoms with E-state index in [2.05, 4.69) is 152 Å². The van der Waals surface area contributed by atoms with E-state index < -0.39 is 0 Å². The predicted molar refractivity (Wildman–Crippen MR) is 194 cm³/mol. The van der Waals surface area contributed by atoms with Crippen molar-refractivity contribution in [3.05, 3.63) is 170 Å². The number of aromatic nitrogens is 2. The van der Waals surface area contributed by atoms with Gasteiger partial charge < -0.3 is 0 Å². The van der Waals surface area contributed by atoms with Gasteiger partial charge in [-0.2, -0.15) is 0 Å². The van der Waals surface area contributed by atoms with E-state index in [0.717, 1.165) is 28.1 Å². The molecular formula is C44H28N2. The molecule has 0 saturated heterocycles. The third-order valence-electron chi connectivity index (χ3n) is 9.02. The van der Waals surface area contributed by atoms with Crippen molar-refractivity contribution in [2.45, 2.75) is 0 Å². The van der Waals surface area contributed by atoms with Crippen LogP contribution in [0.1, 0.15) is 0 Å². The first-order valence-corrected chi connectivity index (χ1v) is 15.7. The quantitative estimate of drug-likeness (QED) is 0.152. The van der Waals surface area contributed by atoms with Crippen LogP contribution in [0, 0.1) is 0 Å². The maximum Gasteiger partial charge on any atom is 0.160 e. The van der Waals surface area contributed by atoms with Gasteiger partial charge in [0.05, 0.1) is 11.4 Å². The van der Waals surface area contributed by atoms with Gasteiger partial charge >= 0.3 is 0 Å². The van der Waals surface area contributed by atoms with E-state index in [9.17, 15) is 0 Å². The van der Waals surface area contributed by atoms with E-state index in [1.165, 1.54) is 54.2 Å². The topological polar surface area (TPSA) is 25.8 Å². The largest absolute Gasteiger partial charge is 0.228 e. The van der Waals surface area contributed by atoms with Crippen LogP contribution in [0.4, 0.5) is 0 Å². The summed E-state index contributed by atoms with van der Waals surface area (Å²) in [6, 6.07) is 60.5. The van der Waals surface area contributed by atoms with Gasteiger partial charge in [-0.25, -0.2) is 9.97 Å². The second kappa shape index (κ2) is 10.8. The lowest BCUT2D eigenvalue weighted by Gasteiger charge is -2.15. The third kappa shape index (κ3) is 4.51. The summed E-state index contributed by atoms with van der Waals surface area (Å²) < 4.78 is 0. The van der Waals surface area contributed by atoms with Gasteiger partial charge in [-0.3, -0.25) is 0 Å². The van der Waals surface area contributed by atoms with Crippen LogP contribution in [0.25, 0.3) is 88.1 Å². The van der Waals surface area contributed by atoms with E-state index in [-0.39, 0.29) is 0 Å². The molecule has 0 N–H and O–H groups in total. The van der Waals surface area contributed by atoms with Crippen molar-refractivity contribution in [2.75, 3.05) is 0 Å². The first-order chi connectivity index (χ1) is 22.8. The summed E-state index contributed by atoms with van der Waals surface area (Å²) in [6.07, 6.45) is 0. The molecule has 1 aromatic heterocycles. The van der Waals surface area contributed by atoms with Crippen LogP contribution in [-0.4, -0.2) is 9.97 Å². The molecule has 0 unspecified atom stereocenters. The summed E-state index contributed by atoms with van der Waals surface area (Å²) in [7, 11) is 0. The molecule has 0 fully saturated rings. The molecule has 2 heteroatoms. The van der Waals surface area contributed by atoms with Crippen molar-refractivity contribution < 1.29 is 0 Å². The summed E-state index contributed by atoms with van der Waals surface area (Å²) in [5.41, 5.74) is 7.34. The maximum absolute atomic E-state index is 5.15. The van der Waals surface area contributed by atoms with Crippen LogP contribution >= 0.6 is 0 Å². The highest BCUT2D eigenvalue weighted by Crippen LogP contribution is 2.40. The van der Waals surface area contributed by atoms with Crippen molar-refractivity contribution >= 4 is 43.1 Å². The molecule has 0 bridgehead atoms. The summed E-state index contributed by atoms with van der Waals surface area (Å²) in [4.78, 5) is 10.2. The average Bonchev–Trinajstić information content (AvgIpc) is 3.14. The Bertz CT molecular complexity index is 2580. The van der Waals surface area contributed by atoms with E-state index in [0.29, 0.717) is 5.82 Å². The average molecular weight is 585 g/mol. The fourth-order valence-corrected chi connectivity index (χ4v) is 6.77. The Labute approximate surface area is 267 Å². The standard InChI is InChI=1S/C44H28N2/c1-2-13-31(14-3-1)44-45-41(28-42(46-44)35-22-21-29-11-4-5-15-32(29)25-35)34-17-10-18-36(26-34)43-38-20-9-7-16-33(38)27-40-37-19-8-6-12-30(37)23-24-39(40)43/h1-28H. The lowest BCUT2D eigenvalue weighted by molar-refractivity contribution is 1.18. The Morgan fingerprint density at radius 1 is 0.283 bits per heavy atom. The van der Waals surface area contributed by atoms with E-state index in [4.69, 9.17) is 9.97 Å². The molecule has 0 amide bonds. The lowest BCUT2D eigenvalue weighted by atomic mass is 9.89. The van der Waals surface area contributed by atoms with Crippen LogP contribution in [0.2, 0.25) is 0 Å². The minimum atomic E-state index is 0.716. The molecule has 0 aliphatic heterocycles. The minimum Gasteiger partial charge on any atom is -0.228 e. The molecule has 1 heterocycles. The molecule has 9 aromatic rings. The molecule has 0 radical (unpaired) electrons. The van der Waals surface area contributed by atoms with Crippen molar-refractivity contribution in [3.8, 4) is 45.0 Å². The number of fused-ring (bicyclic) bond motifs is 5. The van der Waals surface area contributed by atoms with Crippen LogP contribution < -0.4 is 0 Å². The Balaban J connectivity index is 1.27. The highest BCUT2D eigenvalue weighted by atomic mass is 14.9. The normalized spacial score (nSPS) is 11.5. The molecular weight excluding hydrogens is 556 g/mol. The highest BCUT2D eigenvalue weighted by Gasteiger charge is 2.15. The van der Waals surface area contributed by atoms with E-state index >= 15 is 0 Å². The number of benzene rings is 8. The summed E-state index contributed by atoms with van der Waals surface area (Å²) >= 11 is 0. The molecule has 0 spiro atoms. The van der Waals surface area contributed by atoms with Gasteiger partial charge in [0, 0.05) is 16.7 Å². The number of hydrogen-bond donors (Lipinski definition) is 0. The zero-order valence-corrected chi connectivity index (χ0v) is 25.1. The molecule has 0 aliphatic rings. The second-order valence-electron chi connectivity index (χ2n) is 11.8. The number of nitrogens with zero attached hydrogens (tertiary/aromatic N) is 2. The minimum absolute atomic E-state index is 0.716. The van der Waals surface area contributed by atoms with Gasteiger partial charge in [0.25, 0.3) is 0 Å². The fraction of sp³-hybridized carbons (Fsp3) is 0. The molecule has 46 heavy (non-hydrogen) atoms. The number of hydrogen-bond acceptors (Lipinski definition) is 2. The fourth-order valence-electron chi connectivity index (χ4n) is 6.77. The van der Waals surface area contributed by atoms with E-state index in [1.54, 1.807) is 0 Å².